The van der Waals surface area contributed by atoms with Crippen LogP contribution in [0.25, 0.3) is 0 Å². The number of hydrogen-bond acceptors (Lipinski definition) is 2. The molecule has 0 amide bonds. The van der Waals surface area contributed by atoms with Crippen molar-refractivity contribution >= 4 is 16.9 Å². The zero-order valence-electron chi connectivity index (χ0n) is 12.6. The third-order valence-electron chi connectivity index (χ3n) is 3.05. The first-order valence-electron chi connectivity index (χ1n) is 7.25. The van der Waals surface area contributed by atoms with E-state index in [1.165, 1.54) is 35.7 Å². The largest absolute Gasteiger partial charge is 0.287 e. The number of carbonyl (C=O) groups excluding carboxylic acids is 1. The zero-order valence-corrected chi connectivity index (χ0v) is 13.4. The van der Waals surface area contributed by atoms with Crippen molar-refractivity contribution in [2.75, 3.05) is 0 Å². The van der Waals surface area contributed by atoms with E-state index >= 15 is 0 Å². The van der Waals surface area contributed by atoms with Gasteiger partial charge in [0.2, 0.25) is 0 Å². The van der Waals surface area contributed by atoms with Crippen molar-refractivity contribution in [2.45, 2.75) is 58.6 Å². The van der Waals surface area contributed by atoms with Gasteiger partial charge in [-0.1, -0.05) is 70.1 Å². The molecule has 0 saturated carbocycles. The number of aryl methyl sites for hydroxylation is 1. The van der Waals surface area contributed by atoms with E-state index in [0.717, 1.165) is 12.3 Å². The average Bonchev–Trinajstić information content (AvgIpc) is 2.29. The summed E-state index contributed by atoms with van der Waals surface area (Å²) >= 11 is 1.45. The molecule has 1 rings (SSSR count). The Morgan fingerprint density at radius 3 is 2.32 bits per heavy atom. The van der Waals surface area contributed by atoms with Gasteiger partial charge in [-0.15, -0.1) is 0 Å². The highest BCUT2D eigenvalue weighted by atomic mass is 32.2. The van der Waals surface area contributed by atoms with Crippen LogP contribution in [0.4, 0.5) is 0 Å². The highest BCUT2D eigenvalue weighted by Gasteiger charge is 2.10. The van der Waals surface area contributed by atoms with Gasteiger partial charge < -0.3 is 0 Å². The predicted octanol–water partition coefficient (Wildman–Crippen LogP) is 4.88. The van der Waals surface area contributed by atoms with Crippen molar-refractivity contribution in [1.82, 2.24) is 0 Å². The molecule has 1 aromatic rings. The summed E-state index contributed by atoms with van der Waals surface area (Å²) in [6, 6.07) is 8.38. The van der Waals surface area contributed by atoms with Crippen LogP contribution in [0.3, 0.4) is 0 Å². The van der Waals surface area contributed by atoms with Crippen LogP contribution in [0.15, 0.2) is 24.3 Å². The quantitative estimate of drug-likeness (QED) is 0.707. The standard InChI is InChI=1S/C17H26OS/c1-13(2)8-7-11-15-9-5-6-10-16(15)12-17(18)19-14(3)4/h5-6,9-10,13-14H,7-8,11-12H2,1-4H3. The molecule has 0 aromatic heterocycles. The van der Waals surface area contributed by atoms with Crippen LogP contribution in [-0.2, 0) is 17.6 Å². The maximum Gasteiger partial charge on any atom is 0.193 e. The lowest BCUT2D eigenvalue weighted by atomic mass is 9.97. The summed E-state index contributed by atoms with van der Waals surface area (Å²) in [6.07, 6.45) is 4.12. The van der Waals surface area contributed by atoms with Gasteiger partial charge in [0.25, 0.3) is 0 Å². The molecule has 0 aliphatic rings. The third kappa shape index (κ3) is 6.81. The fourth-order valence-electron chi connectivity index (χ4n) is 2.13. The number of hydrogen-bond donors (Lipinski definition) is 0. The van der Waals surface area contributed by atoms with Crippen molar-refractivity contribution in [3.63, 3.8) is 0 Å². The maximum atomic E-state index is 11.9. The fourth-order valence-corrected chi connectivity index (χ4v) is 2.90. The van der Waals surface area contributed by atoms with E-state index in [4.69, 9.17) is 0 Å². The molecule has 0 aliphatic heterocycles. The molecule has 0 atom stereocenters. The highest BCUT2D eigenvalue weighted by Crippen LogP contribution is 2.19. The molecular weight excluding hydrogens is 252 g/mol. The Balaban J connectivity index is 2.59. The van der Waals surface area contributed by atoms with Crippen molar-refractivity contribution in [2.24, 2.45) is 5.92 Å². The van der Waals surface area contributed by atoms with Gasteiger partial charge in [0.15, 0.2) is 5.12 Å². The summed E-state index contributed by atoms with van der Waals surface area (Å²) in [4.78, 5) is 11.9. The normalized spacial score (nSPS) is 11.3. The van der Waals surface area contributed by atoms with Gasteiger partial charge in [-0.25, -0.2) is 0 Å². The van der Waals surface area contributed by atoms with E-state index in [0.29, 0.717) is 11.7 Å². The second kappa shape index (κ2) is 8.42. The lowest BCUT2D eigenvalue weighted by Crippen LogP contribution is -2.05. The highest BCUT2D eigenvalue weighted by molar-refractivity contribution is 8.14. The van der Waals surface area contributed by atoms with Gasteiger partial charge in [0, 0.05) is 11.7 Å². The Morgan fingerprint density at radius 2 is 1.74 bits per heavy atom. The van der Waals surface area contributed by atoms with Crippen LogP contribution in [0.1, 0.15) is 51.7 Å². The van der Waals surface area contributed by atoms with E-state index in [-0.39, 0.29) is 5.12 Å². The summed E-state index contributed by atoms with van der Waals surface area (Å²) in [5.74, 6) is 0.755. The predicted molar refractivity (Wildman–Crippen MR) is 85.7 cm³/mol. The number of thioether (sulfide) groups is 1. The molecule has 0 bridgehead atoms. The molecule has 0 heterocycles. The molecule has 19 heavy (non-hydrogen) atoms. The summed E-state index contributed by atoms with van der Waals surface area (Å²) in [7, 11) is 0. The second-order valence-corrected chi connectivity index (χ2v) is 7.40. The first-order valence-corrected chi connectivity index (χ1v) is 8.13. The van der Waals surface area contributed by atoms with Crippen molar-refractivity contribution < 1.29 is 4.79 Å². The van der Waals surface area contributed by atoms with E-state index in [2.05, 4.69) is 45.9 Å². The number of benzene rings is 1. The van der Waals surface area contributed by atoms with Crippen LogP contribution in [-0.4, -0.2) is 10.4 Å². The lowest BCUT2D eigenvalue weighted by molar-refractivity contribution is -0.110. The monoisotopic (exact) mass is 278 g/mol. The minimum absolute atomic E-state index is 0.284. The SMILES string of the molecule is CC(C)CCCc1ccccc1CC(=O)SC(C)C. The minimum Gasteiger partial charge on any atom is -0.287 e. The van der Waals surface area contributed by atoms with Gasteiger partial charge in [-0.3, -0.25) is 4.79 Å². The van der Waals surface area contributed by atoms with E-state index in [1.54, 1.807) is 0 Å². The minimum atomic E-state index is 0.284. The number of rotatable bonds is 7. The Bertz CT molecular complexity index is 396. The van der Waals surface area contributed by atoms with Crippen LogP contribution in [0.5, 0.6) is 0 Å². The van der Waals surface area contributed by atoms with Gasteiger partial charge in [0.05, 0.1) is 0 Å². The van der Waals surface area contributed by atoms with E-state index < -0.39 is 0 Å². The summed E-state index contributed by atoms with van der Waals surface area (Å²) < 4.78 is 0. The molecule has 0 radical (unpaired) electrons. The van der Waals surface area contributed by atoms with Gasteiger partial charge in [-0.2, -0.15) is 0 Å². The van der Waals surface area contributed by atoms with E-state index in [9.17, 15) is 4.79 Å². The summed E-state index contributed by atoms with van der Waals surface area (Å²) in [6.45, 7) is 8.65. The molecular formula is C17H26OS. The van der Waals surface area contributed by atoms with Crippen molar-refractivity contribution in [3.8, 4) is 0 Å². The molecule has 0 aliphatic carbocycles. The average molecular weight is 278 g/mol. The molecule has 0 spiro atoms. The van der Waals surface area contributed by atoms with Crippen molar-refractivity contribution in [3.05, 3.63) is 35.4 Å². The Morgan fingerprint density at radius 1 is 1.11 bits per heavy atom. The Kier molecular flexibility index (Phi) is 7.22. The molecule has 0 N–H and O–H groups in total. The zero-order chi connectivity index (χ0) is 14.3. The van der Waals surface area contributed by atoms with Crippen LogP contribution in [0, 0.1) is 5.92 Å². The molecule has 2 heteroatoms. The first kappa shape index (κ1) is 16.3. The molecule has 106 valence electrons. The molecule has 0 fully saturated rings. The molecule has 0 saturated heterocycles. The number of carbonyl (C=O) groups is 1. The van der Waals surface area contributed by atoms with Gasteiger partial charge in [0.1, 0.15) is 0 Å². The molecule has 0 unspecified atom stereocenters. The lowest BCUT2D eigenvalue weighted by Gasteiger charge is -2.10. The Hall–Kier alpha value is -0.760. The van der Waals surface area contributed by atoms with Gasteiger partial charge >= 0.3 is 0 Å². The van der Waals surface area contributed by atoms with Crippen molar-refractivity contribution in [1.29, 1.82) is 0 Å². The van der Waals surface area contributed by atoms with Crippen LogP contribution in [0.2, 0.25) is 0 Å². The topological polar surface area (TPSA) is 17.1 Å². The maximum absolute atomic E-state index is 11.9. The third-order valence-corrected chi connectivity index (χ3v) is 3.93. The molecule has 1 nitrogen and oxygen atoms in total. The van der Waals surface area contributed by atoms with Crippen LogP contribution < -0.4 is 0 Å². The smallest absolute Gasteiger partial charge is 0.193 e. The van der Waals surface area contributed by atoms with Crippen LogP contribution >= 0.6 is 11.8 Å². The van der Waals surface area contributed by atoms with E-state index in [1.807, 2.05) is 6.07 Å². The first-order chi connectivity index (χ1) is 8.99. The van der Waals surface area contributed by atoms with Gasteiger partial charge in [-0.05, 0) is 29.9 Å². The second-order valence-electron chi connectivity index (χ2n) is 5.77. The summed E-state index contributed by atoms with van der Waals surface area (Å²) in [5, 5.41) is 0.659. The fraction of sp³-hybridized carbons (Fsp3) is 0.588. The molecule has 1 aromatic carbocycles. The Labute approximate surface area is 122 Å². The summed E-state index contributed by atoms with van der Waals surface area (Å²) in [5.41, 5.74) is 2.56.